The van der Waals surface area contributed by atoms with Crippen molar-refractivity contribution < 1.29 is 9.90 Å². The Labute approximate surface area is 103 Å². The Morgan fingerprint density at radius 3 is 3.00 bits per heavy atom. The number of hydrogen-bond donors (Lipinski definition) is 2. The summed E-state index contributed by atoms with van der Waals surface area (Å²) in [6, 6.07) is 0. The Balaban J connectivity index is 2.01. The lowest BCUT2D eigenvalue weighted by Crippen LogP contribution is -2.51. The second-order valence-corrected chi connectivity index (χ2v) is 5.76. The fourth-order valence-corrected chi connectivity index (χ4v) is 3.67. The Morgan fingerprint density at radius 1 is 1.65 bits per heavy atom. The van der Waals surface area contributed by atoms with E-state index in [1.165, 1.54) is 25.7 Å². The highest BCUT2D eigenvalue weighted by molar-refractivity contribution is 5.68. The molecule has 3 heteroatoms. The van der Waals surface area contributed by atoms with Crippen molar-refractivity contribution in [2.75, 3.05) is 6.54 Å². The average Bonchev–Trinajstić information content (AvgIpc) is 2.61. The maximum Gasteiger partial charge on any atom is 0.303 e. The zero-order chi connectivity index (χ0) is 12.5. The Kier molecular flexibility index (Phi) is 3.57. The lowest BCUT2D eigenvalue weighted by molar-refractivity contribution is -0.144. The molecule has 0 aromatic heterocycles. The predicted molar refractivity (Wildman–Crippen MR) is 67.6 cm³/mol. The molecule has 2 rings (SSSR count). The molecule has 1 saturated carbocycles. The molecule has 3 nitrogen and oxygen atoms in total. The topological polar surface area (TPSA) is 63.3 Å². The van der Waals surface area contributed by atoms with E-state index in [1.807, 2.05) is 0 Å². The van der Waals surface area contributed by atoms with E-state index in [9.17, 15) is 4.79 Å². The molecule has 0 radical (unpaired) electrons. The normalized spacial score (nSPS) is 35.1. The van der Waals surface area contributed by atoms with Gasteiger partial charge in [-0.05, 0) is 49.5 Å². The van der Waals surface area contributed by atoms with Gasteiger partial charge in [0.25, 0.3) is 0 Å². The minimum atomic E-state index is -0.704. The van der Waals surface area contributed by atoms with Crippen LogP contribution in [-0.4, -0.2) is 17.6 Å². The molecule has 0 amide bonds. The summed E-state index contributed by atoms with van der Waals surface area (Å²) in [7, 11) is 0. The quantitative estimate of drug-likeness (QED) is 0.698. The summed E-state index contributed by atoms with van der Waals surface area (Å²) in [6.07, 6.45) is 8.45. The number of hydrogen-bond acceptors (Lipinski definition) is 2. The van der Waals surface area contributed by atoms with Gasteiger partial charge in [-0.3, -0.25) is 4.79 Å². The number of carboxylic acid groups (broad SMARTS) is 1. The molecule has 2 aliphatic carbocycles. The van der Waals surface area contributed by atoms with Gasteiger partial charge >= 0.3 is 5.97 Å². The monoisotopic (exact) mass is 237 g/mol. The summed E-state index contributed by atoms with van der Waals surface area (Å²) in [4.78, 5) is 10.9. The third-order valence-electron chi connectivity index (χ3n) is 4.58. The van der Waals surface area contributed by atoms with Crippen molar-refractivity contribution in [3.05, 3.63) is 11.6 Å². The van der Waals surface area contributed by atoms with Crippen molar-refractivity contribution in [2.24, 2.45) is 23.0 Å². The Morgan fingerprint density at radius 2 is 2.41 bits per heavy atom. The first kappa shape index (κ1) is 12.6. The van der Waals surface area contributed by atoms with E-state index in [1.54, 1.807) is 5.57 Å². The van der Waals surface area contributed by atoms with Crippen molar-refractivity contribution in [1.29, 1.82) is 0 Å². The standard InChI is InChI=1S/C14H23NO2/c1-2-3-4-10-5-11-7-14(9-15,8-13(16)17)12(11)6-10/h6,11-12H,2-5,7-9,15H2,1H3,(H,16,17)/t11-,12-,14-/m0/s1. The molecule has 0 bridgehead atoms. The minimum Gasteiger partial charge on any atom is -0.481 e. The van der Waals surface area contributed by atoms with Crippen LogP contribution in [0.4, 0.5) is 0 Å². The molecule has 96 valence electrons. The molecular weight excluding hydrogens is 214 g/mol. The van der Waals surface area contributed by atoms with Crippen molar-refractivity contribution in [1.82, 2.24) is 0 Å². The second kappa shape index (κ2) is 4.81. The Bertz CT molecular complexity index is 337. The van der Waals surface area contributed by atoms with E-state index in [0.717, 1.165) is 6.42 Å². The van der Waals surface area contributed by atoms with E-state index in [-0.39, 0.29) is 11.8 Å². The third kappa shape index (κ3) is 2.25. The summed E-state index contributed by atoms with van der Waals surface area (Å²) >= 11 is 0. The van der Waals surface area contributed by atoms with Crippen molar-refractivity contribution >= 4 is 5.97 Å². The van der Waals surface area contributed by atoms with Crippen LogP contribution in [0.5, 0.6) is 0 Å². The maximum absolute atomic E-state index is 10.9. The fraction of sp³-hybridized carbons (Fsp3) is 0.786. The van der Waals surface area contributed by atoms with E-state index in [4.69, 9.17) is 10.8 Å². The molecular formula is C14H23NO2. The number of allylic oxidation sites excluding steroid dienone is 2. The van der Waals surface area contributed by atoms with Crippen molar-refractivity contribution in [2.45, 2.75) is 45.4 Å². The lowest BCUT2D eigenvalue weighted by atomic mass is 9.53. The fourth-order valence-electron chi connectivity index (χ4n) is 3.67. The smallest absolute Gasteiger partial charge is 0.303 e. The average molecular weight is 237 g/mol. The number of carboxylic acids is 1. The highest BCUT2D eigenvalue weighted by Gasteiger charge is 2.54. The summed E-state index contributed by atoms with van der Waals surface area (Å²) in [5.41, 5.74) is 7.24. The van der Waals surface area contributed by atoms with Gasteiger partial charge in [-0.15, -0.1) is 0 Å². The van der Waals surface area contributed by atoms with Gasteiger partial charge in [-0.2, -0.15) is 0 Å². The third-order valence-corrected chi connectivity index (χ3v) is 4.58. The number of fused-ring (bicyclic) bond motifs is 1. The van der Waals surface area contributed by atoms with Gasteiger partial charge < -0.3 is 10.8 Å². The molecule has 17 heavy (non-hydrogen) atoms. The van der Waals surface area contributed by atoms with Gasteiger partial charge in [0.2, 0.25) is 0 Å². The van der Waals surface area contributed by atoms with Gasteiger partial charge in [-0.25, -0.2) is 0 Å². The van der Waals surface area contributed by atoms with Gasteiger partial charge in [0.15, 0.2) is 0 Å². The summed E-state index contributed by atoms with van der Waals surface area (Å²) in [5, 5.41) is 9.00. The Hall–Kier alpha value is -0.830. The molecule has 0 aliphatic heterocycles. The molecule has 0 aromatic rings. The highest BCUT2D eigenvalue weighted by atomic mass is 16.4. The van der Waals surface area contributed by atoms with Crippen LogP contribution in [0.3, 0.4) is 0 Å². The van der Waals surface area contributed by atoms with E-state index >= 15 is 0 Å². The molecule has 0 aromatic carbocycles. The van der Waals surface area contributed by atoms with Crippen LogP contribution in [0.15, 0.2) is 11.6 Å². The van der Waals surface area contributed by atoms with Gasteiger partial charge in [0.05, 0.1) is 6.42 Å². The SMILES string of the molecule is CCCCC1=C[C@H]2[C@@H](C1)C[C@@]2(CN)CC(=O)O. The first-order valence-electron chi connectivity index (χ1n) is 6.72. The van der Waals surface area contributed by atoms with Crippen LogP contribution in [0.1, 0.15) is 45.4 Å². The lowest BCUT2D eigenvalue weighted by Gasteiger charge is -2.51. The molecule has 1 fully saturated rings. The largest absolute Gasteiger partial charge is 0.481 e. The predicted octanol–water partition coefficient (Wildman–Crippen LogP) is 2.56. The first-order chi connectivity index (χ1) is 8.11. The van der Waals surface area contributed by atoms with Crippen LogP contribution in [0.25, 0.3) is 0 Å². The number of rotatable bonds is 6. The maximum atomic E-state index is 10.9. The first-order valence-corrected chi connectivity index (χ1v) is 6.72. The second-order valence-electron chi connectivity index (χ2n) is 5.76. The minimum absolute atomic E-state index is 0.134. The molecule has 0 heterocycles. The van der Waals surface area contributed by atoms with Gasteiger partial charge in [-0.1, -0.05) is 25.0 Å². The molecule has 3 atom stereocenters. The summed E-state index contributed by atoms with van der Waals surface area (Å²) in [5.74, 6) is 0.421. The van der Waals surface area contributed by atoms with Crippen molar-refractivity contribution in [3.63, 3.8) is 0 Å². The van der Waals surface area contributed by atoms with Gasteiger partial charge in [0, 0.05) is 0 Å². The highest BCUT2D eigenvalue weighted by Crippen LogP contribution is 2.59. The summed E-state index contributed by atoms with van der Waals surface area (Å²) in [6.45, 7) is 2.72. The van der Waals surface area contributed by atoms with Crippen LogP contribution in [-0.2, 0) is 4.79 Å². The number of aliphatic carboxylic acids is 1. The molecule has 0 saturated heterocycles. The number of carbonyl (C=O) groups is 1. The van der Waals surface area contributed by atoms with Crippen LogP contribution < -0.4 is 5.73 Å². The zero-order valence-electron chi connectivity index (χ0n) is 10.6. The van der Waals surface area contributed by atoms with Crippen molar-refractivity contribution in [3.8, 4) is 0 Å². The van der Waals surface area contributed by atoms with E-state index in [0.29, 0.717) is 18.4 Å². The van der Waals surface area contributed by atoms with Crippen LogP contribution in [0, 0.1) is 17.3 Å². The summed E-state index contributed by atoms with van der Waals surface area (Å²) < 4.78 is 0. The van der Waals surface area contributed by atoms with E-state index < -0.39 is 5.97 Å². The molecule has 0 spiro atoms. The number of nitrogens with two attached hydrogens (primary N) is 1. The molecule has 3 N–H and O–H groups in total. The zero-order valence-corrected chi connectivity index (χ0v) is 10.6. The van der Waals surface area contributed by atoms with E-state index in [2.05, 4.69) is 13.0 Å². The molecule has 0 unspecified atom stereocenters. The van der Waals surface area contributed by atoms with Gasteiger partial charge in [0.1, 0.15) is 0 Å². The number of unbranched alkanes of at least 4 members (excludes halogenated alkanes) is 1. The van der Waals surface area contributed by atoms with Crippen LogP contribution >= 0.6 is 0 Å². The van der Waals surface area contributed by atoms with Crippen LogP contribution in [0.2, 0.25) is 0 Å². The molecule has 2 aliphatic rings.